The van der Waals surface area contributed by atoms with Gasteiger partial charge in [-0.15, -0.1) is 0 Å². The number of rotatable bonds is 5. The summed E-state index contributed by atoms with van der Waals surface area (Å²) < 4.78 is 32.2. The Labute approximate surface area is 186 Å². The van der Waals surface area contributed by atoms with E-state index in [4.69, 9.17) is 4.74 Å². The number of methoxy groups -OCH3 is 1. The molecule has 0 aliphatic carbocycles. The van der Waals surface area contributed by atoms with Crippen molar-refractivity contribution < 1.29 is 27.5 Å². The van der Waals surface area contributed by atoms with E-state index >= 15 is 0 Å². The lowest BCUT2D eigenvalue weighted by molar-refractivity contribution is -0.121. The van der Waals surface area contributed by atoms with Crippen LogP contribution in [0.25, 0.3) is 0 Å². The van der Waals surface area contributed by atoms with E-state index in [-0.39, 0.29) is 61.6 Å². The van der Waals surface area contributed by atoms with Crippen LogP contribution >= 0.6 is 0 Å². The fourth-order valence-corrected chi connectivity index (χ4v) is 5.25. The summed E-state index contributed by atoms with van der Waals surface area (Å²) >= 11 is 0. The van der Waals surface area contributed by atoms with Crippen molar-refractivity contribution in [1.82, 2.24) is 9.21 Å². The summed E-state index contributed by atoms with van der Waals surface area (Å²) in [7, 11) is -2.14. The van der Waals surface area contributed by atoms with Gasteiger partial charge in [-0.1, -0.05) is 0 Å². The number of hydrogen-bond donors (Lipinski definition) is 0. The van der Waals surface area contributed by atoms with Crippen molar-refractivity contribution in [1.29, 1.82) is 0 Å². The van der Waals surface area contributed by atoms with Gasteiger partial charge in [0.2, 0.25) is 21.8 Å². The smallest absolute Gasteiger partial charge is 0.253 e. The molecule has 10 heteroatoms. The van der Waals surface area contributed by atoms with Gasteiger partial charge in [0.1, 0.15) is 5.75 Å². The molecule has 0 radical (unpaired) electrons. The molecule has 9 nitrogen and oxygen atoms in total. The largest absolute Gasteiger partial charge is 0.497 e. The predicted molar refractivity (Wildman–Crippen MR) is 116 cm³/mol. The Bertz CT molecular complexity index is 1120. The zero-order chi connectivity index (χ0) is 22.9. The predicted octanol–water partition coefficient (Wildman–Crippen LogP) is 1.50. The lowest BCUT2D eigenvalue weighted by Crippen LogP contribution is -2.50. The Hall–Kier alpha value is -3.24. The van der Waals surface area contributed by atoms with E-state index in [1.165, 1.54) is 23.5 Å². The Kier molecular flexibility index (Phi) is 5.98. The normalized spacial score (nSPS) is 17.7. The van der Waals surface area contributed by atoms with Gasteiger partial charge in [0.05, 0.1) is 17.7 Å². The molecule has 0 unspecified atom stereocenters. The van der Waals surface area contributed by atoms with Gasteiger partial charge in [0.25, 0.3) is 5.91 Å². The Morgan fingerprint density at radius 3 is 1.94 bits per heavy atom. The van der Waals surface area contributed by atoms with Crippen LogP contribution in [0.4, 0.5) is 5.69 Å². The molecule has 2 aromatic carbocycles. The van der Waals surface area contributed by atoms with Crippen LogP contribution in [0.5, 0.6) is 5.75 Å². The Morgan fingerprint density at radius 1 is 0.844 bits per heavy atom. The van der Waals surface area contributed by atoms with Gasteiger partial charge in [-0.05, 0) is 48.5 Å². The number of nitrogens with zero attached hydrogens (tertiary/aromatic N) is 3. The quantitative estimate of drug-likeness (QED) is 0.630. The summed E-state index contributed by atoms with van der Waals surface area (Å²) in [6.45, 7) is 0.905. The molecule has 4 rings (SSSR count). The minimum Gasteiger partial charge on any atom is -0.497 e. The molecule has 3 amide bonds. The highest BCUT2D eigenvalue weighted by molar-refractivity contribution is 7.89. The first-order valence-electron chi connectivity index (χ1n) is 10.2. The van der Waals surface area contributed by atoms with Gasteiger partial charge in [-0.2, -0.15) is 4.31 Å². The molecule has 2 heterocycles. The van der Waals surface area contributed by atoms with Crippen LogP contribution in [0, 0.1) is 0 Å². The van der Waals surface area contributed by atoms with E-state index < -0.39 is 10.0 Å². The summed E-state index contributed by atoms with van der Waals surface area (Å²) in [5.41, 5.74) is 0.865. The van der Waals surface area contributed by atoms with Crippen LogP contribution in [0.2, 0.25) is 0 Å². The van der Waals surface area contributed by atoms with E-state index in [0.29, 0.717) is 17.0 Å². The molecule has 0 bridgehead atoms. The van der Waals surface area contributed by atoms with Crippen LogP contribution in [-0.2, 0) is 19.6 Å². The topological polar surface area (TPSA) is 104 Å². The van der Waals surface area contributed by atoms with Crippen molar-refractivity contribution in [3.05, 3.63) is 54.1 Å². The Morgan fingerprint density at radius 2 is 1.41 bits per heavy atom. The highest BCUT2D eigenvalue weighted by Crippen LogP contribution is 2.24. The number of anilines is 1. The zero-order valence-electron chi connectivity index (χ0n) is 17.6. The summed E-state index contributed by atoms with van der Waals surface area (Å²) in [5, 5.41) is 0. The molecular formula is C22H23N3O6S. The molecule has 32 heavy (non-hydrogen) atoms. The van der Waals surface area contributed by atoms with Gasteiger partial charge in [0, 0.05) is 44.6 Å². The second-order valence-corrected chi connectivity index (χ2v) is 9.48. The average molecular weight is 458 g/mol. The fourth-order valence-electron chi connectivity index (χ4n) is 3.83. The summed E-state index contributed by atoms with van der Waals surface area (Å²) in [4.78, 5) is 39.5. The number of ether oxygens (including phenoxy) is 1. The number of sulfonamides is 1. The first kappa shape index (κ1) is 22.0. The van der Waals surface area contributed by atoms with Crippen LogP contribution in [0.3, 0.4) is 0 Å². The van der Waals surface area contributed by atoms with Gasteiger partial charge in [-0.3, -0.25) is 19.3 Å². The summed E-state index contributed by atoms with van der Waals surface area (Å²) in [6.07, 6.45) is 0.395. The number of benzene rings is 2. The number of imide groups is 1. The maximum absolute atomic E-state index is 12.9. The standard InChI is InChI=1S/C22H23N3O6S/c1-31-18-6-8-19(9-7-18)32(29,30)24-14-12-23(13-15-24)22(28)16-2-4-17(5-3-16)25-20(26)10-11-21(25)27/h2-9H,10-15H2,1H3. The van der Waals surface area contributed by atoms with E-state index in [1.807, 2.05) is 0 Å². The van der Waals surface area contributed by atoms with E-state index in [1.54, 1.807) is 41.3 Å². The molecule has 2 fully saturated rings. The minimum atomic E-state index is -3.66. The van der Waals surface area contributed by atoms with Gasteiger partial charge in [-0.25, -0.2) is 8.42 Å². The lowest BCUT2D eigenvalue weighted by Gasteiger charge is -2.34. The maximum Gasteiger partial charge on any atom is 0.253 e. The molecule has 0 saturated carbocycles. The minimum absolute atomic E-state index is 0.180. The molecule has 2 aliphatic rings. The molecule has 2 saturated heterocycles. The number of piperazine rings is 1. The second kappa shape index (κ2) is 8.71. The van der Waals surface area contributed by atoms with Crippen molar-refractivity contribution >= 4 is 33.4 Å². The molecular weight excluding hydrogens is 434 g/mol. The SMILES string of the molecule is COc1ccc(S(=O)(=O)N2CCN(C(=O)c3ccc(N4C(=O)CCC4=O)cc3)CC2)cc1. The first-order chi connectivity index (χ1) is 15.3. The third-order valence-electron chi connectivity index (χ3n) is 5.65. The van der Waals surface area contributed by atoms with Crippen molar-refractivity contribution in [3.63, 3.8) is 0 Å². The van der Waals surface area contributed by atoms with Crippen molar-refractivity contribution in [2.24, 2.45) is 0 Å². The third kappa shape index (κ3) is 4.11. The summed E-state index contributed by atoms with van der Waals surface area (Å²) in [6, 6.07) is 12.5. The van der Waals surface area contributed by atoms with Crippen LogP contribution in [-0.4, -0.2) is 68.6 Å². The number of amides is 3. The highest BCUT2D eigenvalue weighted by atomic mass is 32.2. The molecule has 168 valence electrons. The van der Waals surface area contributed by atoms with Gasteiger partial charge >= 0.3 is 0 Å². The molecule has 0 N–H and O–H groups in total. The zero-order valence-corrected chi connectivity index (χ0v) is 18.4. The van der Waals surface area contributed by atoms with Gasteiger partial charge in [0.15, 0.2) is 0 Å². The molecule has 0 atom stereocenters. The van der Waals surface area contributed by atoms with Crippen molar-refractivity contribution in [2.45, 2.75) is 17.7 Å². The van der Waals surface area contributed by atoms with Crippen molar-refractivity contribution in [2.75, 3.05) is 38.2 Å². The maximum atomic E-state index is 12.9. The number of hydrogen-bond acceptors (Lipinski definition) is 6. The second-order valence-electron chi connectivity index (χ2n) is 7.54. The van der Waals surface area contributed by atoms with Crippen LogP contribution < -0.4 is 9.64 Å². The Balaban J connectivity index is 1.40. The first-order valence-corrected chi connectivity index (χ1v) is 11.6. The van der Waals surface area contributed by atoms with Gasteiger partial charge < -0.3 is 9.64 Å². The average Bonchev–Trinajstić information content (AvgIpc) is 3.16. The van der Waals surface area contributed by atoms with E-state index in [0.717, 1.165) is 4.90 Å². The van der Waals surface area contributed by atoms with Crippen LogP contribution in [0.15, 0.2) is 53.4 Å². The summed E-state index contributed by atoms with van der Waals surface area (Å²) in [5.74, 6) is -0.146. The number of carbonyl (C=O) groups is 3. The fraction of sp³-hybridized carbons (Fsp3) is 0.318. The third-order valence-corrected chi connectivity index (χ3v) is 7.56. The molecule has 0 aromatic heterocycles. The van der Waals surface area contributed by atoms with E-state index in [9.17, 15) is 22.8 Å². The molecule has 0 spiro atoms. The number of carbonyl (C=O) groups excluding carboxylic acids is 3. The monoisotopic (exact) mass is 457 g/mol. The van der Waals surface area contributed by atoms with Crippen LogP contribution in [0.1, 0.15) is 23.2 Å². The lowest BCUT2D eigenvalue weighted by atomic mass is 10.1. The van der Waals surface area contributed by atoms with E-state index in [2.05, 4.69) is 0 Å². The van der Waals surface area contributed by atoms with Crippen molar-refractivity contribution in [3.8, 4) is 5.75 Å². The molecule has 2 aliphatic heterocycles. The molecule has 2 aromatic rings. The highest BCUT2D eigenvalue weighted by Gasteiger charge is 2.32.